The lowest BCUT2D eigenvalue weighted by Gasteiger charge is -2.45. The molecule has 1 aliphatic carbocycles. The number of nitrogens with zero attached hydrogens (tertiary/aromatic N) is 3. The Labute approximate surface area is 393 Å². The molecule has 11 aromatic rings. The van der Waals surface area contributed by atoms with Crippen LogP contribution in [0.4, 0.5) is 5.69 Å². The van der Waals surface area contributed by atoms with Crippen LogP contribution in [-0.2, 0) is 6.42 Å². The Balaban J connectivity index is 0.00000231. The topological polar surface area (TPSA) is 34.2 Å². The van der Waals surface area contributed by atoms with E-state index in [9.17, 15) is 0 Å². The van der Waals surface area contributed by atoms with E-state index in [1.165, 1.54) is 74.3 Å². The second-order valence-corrected chi connectivity index (χ2v) is 20.2. The SMILES string of the molecule is C1=C(S(c2ccccc2)(c2ccccc2)c2ccccc2)CCc2c1c1c3ccccc3ccc1n2C1N=C(c2ccc3c(c2)c2ccccc2n3-c2ccccc2)c2ccccc2N1.CC. The highest BCUT2D eigenvalue weighted by atomic mass is 32.3. The van der Waals surface area contributed by atoms with Crippen LogP contribution in [0.3, 0.4) is 0 Å². The average Bonchev–Trinajstić information content (AvgIpc) is 3.93. The summed E-state index contributed by atoms with van der Waals surface area (Å²) in [4.78, 5) is 11.3. The van der Waals surface area contributed by atoms with E-state index in [0.29, 0.717) is 0 Å². The van der Waals surface area contributed by atoms with Gasteiger partial charge in [0, 0.05) is 64.6 Å². The third-order valence-electron chi connectivity index (χ3n) is 13.6. The third-order valence-corrected chi connectivity index (χ3v) is 17.6. The largest absolute Gasteiger partial charge is 0.346 e. The molecule has 1 aliphatic heterocycles. The molecule has 1 unspecified atom stereocenters. The number of nitrogens with one attached hydrogen (secondary N) is 1. The molecule has 67 heavy (non-hydrogen) atoms. The Morgan fingerprint density at radius 1 is 0.507 bits per heavy atom. The van der Waals surface area contributed by atoms with Crippen molar-refractivity contribution in [2.75, 3.05) is 5.32 Å². The normalized spacial score (nSPS) is 14.7. The highest BCUT2D eigenvalue weighted by molar-refractivity contribution is 8.37. The molecular formula is C62H50N4S. The van der Waals surface area contributed by atoms with Crippen LogP contribution in [0.5, 0.6) is 0 Å². The molecule has 1 atom stereocenters. The summed E-state index contributed by atoms with van der Waals surface area (Å²) < 4.78 is 4.90. The van der Waals surface area contributed by atoms with Crippen LogP contribution in [0.25, 0.3) is 55.2 Å². The van der Waals surface area contributed by atoms with Gasteiger partial charge in [-0.2, -0.15) is 0 Å². The summed E-state index contributed by atoms with van der Waals surface area (Å²) in [5, 5.41) is 10.2. The van der Waals surface area contributed by atoms with Gasteiger partial charge < -0.3 is 14.5 Å². The van der Waals surface area contributed by atoms with E-state index in [4.69, 9.17) is 4.99 Å². The third kappa shape index (κ3) is 6.48. The number of rotatable bonds is 7. The van der Waals surface area contributed by atoms with Crippen molar-refractivity contribution in [1.29, 1.82) is 0 Å². The first-order valence-electron chi connectivity index (χ1n) is 23.5. The number of anilines is 1. The first-order valence-corrected chi connectivity index (χ1v) is 25.2. The minimum atomic E-state index is -1.84. The molecule has 0 amide bonds. The molecule has 9 aromatic carbocycles. The number of para-hydroxylation sites is 3. The van der Waals surface area contributed by atoms with Crippen molar-refractivity contribution in [2.45, 2.75) is 47.7 Å². The molecule has 324 valence electrons. The minimum Gasteiger partial charge on any atom is -0.346 e. The number of allylic oxidation sites excluding steroid dienone is 1. The van der Waals surface area contributed by atoms with Crippen LogP contribution < -0.4 is 5.32 Å². The van der Waals surface area contributed by atoms with Gasteiger partial charge in [0.25, 0.3) is 0 Å². The van der Waals surface area contributed by atoms with Gasteiger partial charge in [0.2, 0.25) is 6.29 Å². The Kier molecular flexibility index (Phi) is 10.2. The Morgan fingerprint density at radius 3 is 1.78 bits per heavy atom. The van der Waals surface area contributed by atoms with Crippen molar-refractivity contribution >= 4 is 71.0 Å². The van der Waals surface area contributed by atoms with E-state index >= 15 is 0 Å². The van der Waals surface area contributed by atoms with E-state index in [-0.39, 0.29) is 6.29 Å². The zero-order valence-corrected chi connectivity index (χ0v) is 38.5. The molecule has 1 N–H and O–H groups in total. The van der Waals surface area contributed by atoms with Gasteiger partial charge in [0.15, 0.2) is 0 Å². The highest BCUT2D eigenvalue weighted by Gasteiger charge is 2.38. The lowest BCUT2D eigenvalue weighted by molar-refractivity contribution is 0.578. The lowest BCUT2D eigenvalue weighted by Crippen LogP contribution is -2.26. The molecule has 0 bridgehead atoms. The quantitative estimate of drug-likeness (QED) is 0.170. The van der Waals surface area contributed by atoms with Gasteiger partial charge in [-0.3, -0.25) is 0 Å². The number of hydrogen-bond acceptors (Lipinski definition) is 2. The Morgan fingerprint density at radius 2 is 1.07 bits per heavy atom. The van der Waals surface area contributed by atoms with Crippen LogP contribution in [0.15, 0.2) is 249 Å². The fourth-order valence-electron chi connectivity index (χ4n) is 10.8. The minimum absolute atomic E-state index is 0.377. The van der Waals surface area contributed by atoms with Crippen LogP contribution in [0.2, 0.25) is 0 Å². The van der Waals surface area contributed by atoms with E-state index in [2.05, 4.69) is 245 Å². The van der Waals surface area contributed by atoms with E-state index in [1.807, 2.05) is 13.8 Å². The smallest absolute Gasteiger partial charge is 0.201 e. The van der Waals surface area contributed by atoms with Crippen molar-refractivity contribution in [1.82, 2.24) is 9.13 Å². The zero-order valence-electron chi connectivity index (χ0n) is 37.7. The number of aliphatic imine (C=N–C) groups is 1. The molecule has 0 radical (unpaired) electrons. The number of fused-ring (bicyclic) bond motifs is 9. The summed E-state index contributed by atoms with van der Waals surface area (Å²) in [5.74, 6) is 0. The van der Waals surface area contributed by atoms with Gasteiger partial charge in [-0.05, 0) is 113 Å². The van der Waals surface area contributed by atoms with Gasteiger partial charge >= 0.3 is 0 Å². The number of hydrogen-bond donors (Lipinski definition) is 1. The monoisotopic (exact) mass is 882 g/mol. The summed E-state index contributed by atoms with van der Waals surface area (Å²) >= 11 is 0. The van der Waals surface area contributed by atoms with Crippen molar-refractivity contribution in [2.24, 2.45) is 4.99 Å². The molecule has 3 heterocycles. The van der Waals surface area contributed by atoms with E-state index in [0.717, 1.165) is 41.1 Å². The molecule has 13 rings (SSSR count). The van der Waals surface area contributed by atoms with Crippen molar-refractivity contribution < 1.29 is 0 Å². The molecule has 5 heteroatoms. The first kappa shape index (κ1) is 40.6. The fourth-order valence-corrected chi connectivity index (χ4v) is 14.9. The Hall–Kier alpha value is -7.86. The molecule has 0 fully saturated rings. The maximum atomic E-state index is 5.78. The molecule has 4 nitrogen and oxygen atoms in total. The molecule has 0 spiro atoms. The van der Waals surface area contributed by atoms with Gasteiger partial charge in [-0.25, -0.2) is 4.99 Å². The highest BCUT2D eigenvalue weighted by Crippen LogP contribution is 2.75. The second-order valence-electron chi connectivity index (χ2n) is 17.0. The predicted octanol–water partition coefficient (Wildman–Crippen LogP) is 16.6. The van der Waals surface area contributed by atoms with Gasteiger partial charge in [-0.1, -0.05) is 159 Å². The maximum Gasteiger partial charge on any atom is 0.201 e. The lowest BCUT2D eigenvalue weighted by atomic mass is 9.97. The van der Waals surface area contributed by atoms with Crippen LogP contribution in [0.1, 0.15) is 48.9 Å². The van der Waals surface area contributed by atoms with Crippen LogP contribution in [0, 0.1) is 0 Å². The molecule has 2 aliphatic rings. The van der Waals surface area contributed by atoms with Gasteiger partial charge in [0.1, 0.15) is 0 Å². The van der Waals surface area contributed by atoms with Crippen LogP contribution >= 0.6 is 10.0 Å². The van der Waals surface area contributed by atoms with Crippen LogP contribution in [-0.4, -0.2) is 14.8 Å². The summed E-state index contributed by atoms with van der Waals surface area (Å²) in [7, 11) is -1.84. The maximum absolute atomic E-state index is 5.78. The standard InChI is InChI=1S/C60H44N4S.C2H6/c1-5-20-43(21-6-1)63-54-32-18-16-29-49(54)51-39-42(34-36-55(51)63)59-50-30-15-17-31-53(50)61-60(62-59)64-56-38-35-47(40-52(56)58-48-28-14-13-19-41(48)33-37-57(58)64)65(44-22-7-2-8-23-44,45-24-9-3-10-25-45)46-26-11-4-12-27-46;1-2/h1-34,36-37,39-40,60-61H,35,38H2;1-2H3. The molecular weight excluding hydrogens is 833 g/mol. The predicted molar refractivity (Wildman–Crippen MR) is 284 cm³/mol. The second kappa shape index (κ2) is 16.8. The molecule has 0 saturated heterocycles. The molecule has 2 aromatic heterocycles. The summed E-state index contributed by atoms with van der Waals surface area (Å²) in [6.07, 6.45) is 4.00. The van der Waals surface area contributed by atoms with Crippen molar-refractivity contribution in [3.8, 4) is 5.69 Å². The Bertz CT molecular complexity index is 3580. The zero-order chi connectivity index (χ0) is 44.9. The number of benzene rings is 9. The van der Waals surface area contributed by atoms with Gasteiger partial charge in [-0.15, -0.1) is 10.0 Å². The summed E-state index contributed by atoms with van der Waals surface area (Å²) in [6, 6.07) is 82.3. The van der Waals surface area contributed by atoms with Gasteiger partial charge in [0.05, 0.1) is 22.3 Å². The number of aromatic nitrogens is 2. The summed E-state index contributed by atoms with van der Waals surface area (Å²) in [6.45, 7) is 4.00. The fraction of sp³-hybridized carbons (Fsp3) is 0.0806. The molecule has 0 saturated carbocycles. The first-order chi connectivity index (χ1) is 33.3. The average molecular weight is 883 g/mol. The van der Waals surface area contributed by atoms with E-state index < -0.39 is 10.0 Å². The van der Waals surface area contributed by atoms with E-state index in [1.54, 1.807) is 0 Å². The van der Waals surface area contributed by atoms with Crippen molar-refractivity contribution in [3.63, 3.8) is 0 Å². The summed E-state index contributed by atoms with van der Waals surface area (Å²) in [5.41, 5.74) is 11.6. The van der Waals surface area contributed by atoms with Crippen molar-refractivity contribution in [3.05, 3.63) is 252 Å².